The molecule has 1 fully saturated rings. The van der Waals surface area contributed by atoms with Gasteiger partial charge in [-0.1, -0.05) is 42.0 Å². The summed E-state index contributed by atoms with van der Waals surface area (Å²) in [6.07, 6.45) is 1.38. The van der Waals surface area contributed by atoms with Gasteiger partial charge >= 0.3 is 0 Å². The molecule has 0 aliphatic carbocycles. The highest BCUT2D eigenvalue weighted by Crippen LogP contribution is 2.29. The van der Waals surface area contributed by atoms with E-state index in [4.69, 9.17) is 4.74 Å². The van der Waals surface area contributed by atoms with Crippen LogP contribution in [0.1, 0.15) is 29.2 Å². The number of likely N-dealkylation sites (tertiary alicyclic amines) is 1. The first kappa shape index (κ1) is 18.7. The Morgan fingerprint density at radius 1 is 1.18 bits per heavy atom. The van der Waals surface area contributed by atoms with Crippen molar-refractivity contribution in [2.24, 2.45) is 0 Å². The van der Waals surface area contributed by atoms with Crippen molar-refractivity contribution < 1.29 is 9.53 Å². The van der Waals surface area contributed by atoms with Crippen LogP contribution in [0.5, 0.6) is 5.75 Å². The smallest absolute Gasteiger partial charge is 0.228 e. The van der Waals surface area contributed by atoms with Gasteiger partial charge in [-0.15, -0.1) is 11.3 Å². The van der Waals surface area contributed by atoms with Crippen molar-refractivity contribution in [1.82, 2.24) is 9.88 Å². The lowest BCUT2D eigenvalue weighted by Gasteiger charge is -2.16. The van der Waals surface area contributed by atoms with Gasteiger partial charge in [0.2, 0.25) is 5.91 Å². The number of aromatic nitrogens is 1. The van der Waals surface area contributed by atoms with Gasteiger partial charge in [0, 0.05) is 30.0 Å². The van der Waals surface area contributed by atoms with Crippen molar-refractivity contribution in [1.29, 1.82) is 0 Å². The molecule has 1 aliphatic rings. The molecule has 0 N–H and O–H groups in total. The standard InChI is InChI=1S/C23H24N2O2S/c1-16-3-5-18(6-4-16)23-24-20(15-28-23)13-22(26)25-12-11-19(14-25)17-7-9-21(27-2)10-8-17/h3-10,15,19H,11-14H2,1-2H3. The number of carbonyl (C=O) groups excluding carboxylic acids is 1. The van der Waals surface area contributed by atoms with Crippen LogP contribution in [0.25, 0.3) is 10.6 Å². The Kier molecular flexibility index (Phi) is 5.44. The lowest BCUT2D eigenvalue weighted by molar-refractivity contribution is -0.129. The highest BCUT2D eigenvalue weighted by molar-refractivity contribution is 7.13. The van der Waals surface area contributed by atoms with E-state index in [9.17, 15) is 4.79 Å². The summed E-state index contributed by atoms with van der Waals surface area (Å²) in [4.78, 5) is 19.4. The maximum Gasteiger partial charge on any atom is 0.228 e. The maximum atomic E-state index is 12.8. The fraction of sp³-hybridized carbons (Fsp3) is 0.304. The van der Waals surface area contributed by atoms with Crippen molar-refractivity contribution in [3.8, 4) is 16.3 Å². The molecule has 4 nitrogen and oxygen atoms in total. The molecule has 0 bridgehead atoms. The van der Waals surface area contributed by atoms with Gasteiger partial charge in [-0.25, -0.2) is 4.98 Å². The number of nitrogens with zero attached hydrogens (tertiary/aromatic N) is 2. The van der Waals surface area contributed by atoms with Crippen molar-refractivity contribution in [3.63, 3.8) is 0 Å². The Hall–Kier alpha value is -2.66. The maximum absolute atomic E-state index is 12.8. The first-order chi connectivity index (χ1) is 13.6. The molecule has 1 unspecified atom stereocenters. The summed E-state index contributed by atoms with van der Waals surface area (Å²) in [5.41, 5.74) is 4.47. The van der Waals surface area contributed by atoms with Crippen LogP contribution in [0.3, 0.4) is 0 Å². The van der Waals surface area contributed by atoms with Gasteiger partial charge in [-0.05, 0) is 31.0 Å². The van der Waals surface area contributed by atoms with E-state index >= 15 is 0 Å². The van der Waals surface area contributed by atoms with Gasteiger partial charge in [0.05, 0.1) is 19.2 Å². The fourth-order valence-electron chi connectivity index (χ4n) is 3.62. The zero-order chi connectivity index (χ0) is 19.5. The third-order valence-electron chi connectivity index (χ3n) is 5.31. The Morgan fingerprint density at radius 3 is 2.64 bits per heavy atom. The predicted octanol–water partition coefficient (Wildman–Crippen LogP) is 4.69. The molecule has 1 aromatic heterocycles. The average molecular weight is 393 g/mol. The van der Waals surface area contributed by atoms with Gasteiger partial charge in [0.25, 0.3) is 0 Å². The van der Waals surface area contributed by atoms with Crippen molar-refractivity contribution in [3.05, 3.63) is 70.7 Å². The van der Waals surface area contributed by atoms with Crippen LogP contribution in [0.15, 0.2) is 53.9 Å². The quantitative estimate of drug-likeness (QED) is 0.633. The molecule has 1 saturated heterocycles. The van der Waals surface area contributed by atoms with Crippen molar-refractivity contribution in [2.75, 3.05) is 20.2 Å². The molecule has 1 aliphatic heterocycles. The van der Waals surface area contributed by atoms with E-state index in [2.05, 4.69) is 48.3 Å². The van der Waals surface area contributed by atoms with Crippen molar-refractivity contribution >= 4 is 17.2 Å². The van der Waals surface area contributed by atoms with Gasteiger partial charge in [0.1, 0.15) is 10.8 Å². The molecule has 2 aromatic carbocycles. The van der Waals surface area contributed by atoms with Crippen LogP contribution in [-0.4, -0.2) is 36.0 Å². The Balaban J connectivity index is 1.37. The number of thiazole rings is 1. The molecule has 28 heavy (non-hydrogen) atoms. The number of hydrogen-bond acceptors (Lipinski definition) is 4. The molecule has 0 saturated carbocycles. The van der Waals surface area contributed by atoms with E-state index in [-0.39, 0.29) is 5.91 Å². The first-order valence-electron chi connectivity index (χ1n) is 9.55. The summed E-state index contributed by atoms with van der Waals surface area (Å²) in [6, 6.07) is 16.5. The molecule has 1 amide bonds. The van der Waals surface area contributed by atoms with Gasteiger partial charge in [-0.3, -0.25) is 4.79 Å². The van der Waals surface area contributed by atoms with Crippen LogP contribution >= 0.6 is 11.3 Å². The summed E-state index contributed by atoms with van der Waals surface area (Å²) in [5, 5.41) is 2.98. The Labute approximate surface area is 169 Å². The van der Waals surface area contributed by atoms with Crippen molar-refractivity contribution in [2.45, 2.75) is 25.7 Å². The zero-order valence-corrected chi connectivity index (χ0v) is 17.0. The normalized spacial score (nSPS) is 16.4. The second-order valence-corrected chi connectivity index (χ2v) is 8.14. The molecule has 0 spiro atoms. The largest absolute Gasteiger partial charge is 0.497 e. The summed E-state index contributed by atoms with van der Waals surface area (Å²) in [5.74, 6) is 1.42. The SMILES string of the molecule is COc1ccc(C2CCN(C(=O)Cc3csc(-c4ccc(C)cc4)n3)C2)cc1. The number of ether oxygens (including phenoxy) is 1. The summed E-state index contributed by atoms with van der Waals surface area (Å²) >= 11 is 1.60. The molecule has 2 heterocycles. The van der Waals surface area contributed by atoms with Gasteiger partial charge in [0.15, 0.2) is 0 Å². The van der Waals surface area contributed by atoms with Gasteiger partial charge in [-0.2, -0.15) is 0 Å². The Bertz CT molecular complexity index is 947. The monoisotopic (exact) mass is 392 g/mol. The van der Waals surface area contributed by atoms with E-state index in [1.165, 1.54) is 11.1 Å². The zero-order valence-electron chi connectivity index (χ0n) is 16.2. The Morgan fingerprint density at radius 2 is 1.93 bits per heavy atom. The molecule has 4 rings (SSSR count). The van der Waals surface area contributed by atoms with E-state index in [0.717, 1.165) is 41.5 Å². The molecule has 144 valence electrons. The molecule has 0 radical (unpaired) electrons. The number of amides is 1. The van der Waals surface area contributed by atoms with Crippen LogP contribution in [-0.2, 0) is 11.2 Å². The van der Waals surface area contributed by atoms with E-state index in [1.807, 2.05) is 22.4 Å². The summed E-state index contributed by atoms with van der Waals surface area (Å²) < 4.78 is 5.23. The highest BCUT2D eigenvalue weighted by atomic mass is 32.1. The molecule has 5 heteroatoms. The lowest BCUT2D eigenvalue weighted by atomic mass is 9.98. The average Bonchev–Trinajstić information content (AvgIpc) is 3.39. The number of rotatable bonds is 5. The minimum absolute atomic E-state index is 0.164. The number of benzene rings is 2. The summed E-state index contributed by atoms with van der Waals surface area (Å²) in [6.45, 7) is 3.66. The molecule has 1 atom stereocenters. The van der Waals surface area contributed by atoms with Crippen LogP contribution < -0.4 is 4.74 Å². The number of aryl methyl sites for hydroxylation is 1. The van der Waals surface area contributed by atoms with Crippen LogP contribution in [0, 0.1) is 6.92 Å². The van der Waals surface area contributed by atoms with E-state index in [1.54, 1.807) is 18.4 Å². The molecular weight excluding hydrogens is 368 g/mol. The molecular formula is C23H24N2O2S. The van der Waals surface area contributed by atoms with Gasteiger partial charge < -0.3 is 9.64 Å². The number of carbonyl (C=O) groups is 1. The minimum atomic E-state index is 0.164. The van der Waals surface area contributed by atoms with Crippen LogP contribution in [0.2, 0.25) is 0 Å². The lowest BCUT2D eigenvalue weighted by Crippen LogP contribution is -2.30. The third kappa shape index (κ3) is 4.09. The third-order valence-corrected chi connectivity index (χ3v) is 6.25. The second-order valence-electron chi connectivity index (χ2n) is 7.29. The highest BCUT2D eigenvalue weighted by Gasteiger charge is 2.27. The second kappa shape index (κ2) is 8.15. The van der Waals surface area contributed by atoms with Crippen LogP contribution in [0.4, 0.5) is 0 Å². The fourth-order valence-corrected chi connectivity index (χ4v) is 4.44. The van der Waals surface area contributed by atoms with E-state index in [0.29, 0.717) is 12.3 Å². The minimum Gasteiger partial charge on any atom is -0.497 e. The van der Waals surface area contributed by atoms with E-state index < -0.39 is 0 Å². The number of hydrogen-bond donors (Lipinski definition) is 0. The predicted molar refractivity (Wildman–Crippen MR) is 113 cm³/mol. The summed E-state index contributed by atoms with van der Waals surface area (Å²) in [7, 11) is 1.67. The first-order valence-corrected chi connectivity index (χ1v) is 10.4. The molecule has 3 aromatic rings. The topological polar surface area (TPSA) is 42.4 Å². The number of methoxy groups -OCH3 is 1.